The van der Waals surface area contributed by atoms with Crippen LogP contribution in [0.3, 0.4) is 0 Å². The van der Waals surface area contributed by atoms with Gasteiger partial charge in [0.1, 0.15) is 11.2 Å². The molecular formula is C61H37N5O. The molecule has 0 aliphatic carbocycles. The molecule has 312 valence electrons. The number of furan rings is 1. The van der Waals surface area contributed by atoms with E-state index in [4.69, 9.17) is 19.4 Å². The molecule has 0 aliphatic rings. The highest BCUT2D eigenvalue weighted by Gasteiger charge is 2.24. The number of para-hydroxylation sites is 2. The Kier molecular flexibility index (Phi) is 8.18. The van der Waals surface area contributed by atoms with Gasteiger partial charge < -0.3 is 8.98 Å². The van der Waals surface area contributed by atoms with Gasteiger partial charge in [-0.2, -0.15) is 9.97 Å². The molecule has 0 fully saturated rings. The number of hydrogen-bond donors (Lipinski definition) is 0. The van der Waals surface area contributed by atoms with E-state index in [2.05, 4.69) is 209 Å². The zero-order valence-electron chi connectivity index (χ0n) is 36.0. The minimum absolute atomic E-state index is 0.534. The average molecular weight is 856 g/mol. The number of hydrogen-bond acceptors (Lipinski definition) is 4. The normalized spacial score (nSPS) is 11.9. The molecule has 6 heteroatoms. The standard InChI is InChI=1S/C61H37N5O/c1-3-13-38(14-4-1)40-23-25-43(26-24-40)59-62-60(44-29-33-48-47-19-10-12-22-54(47)67-55(48)37-44)64-61(63-59)66-52-34-30-42-17-7-8-18-46(42)56(52)58-53(66)36-35-51-57(58)49-20-9-11-21-50(49)65(51)45-31-27-41(28-32-45)39-15-5-2-6-16-39/h1-37H. The highest BCUT2D eigenvalue weighted by atomic mass is 16.3. The van der Waals surface area contributed by atoms with Crippen molar-refractivity contribution in [2.45, 2.75) is 0 Å². The van der Waals surface area contributed by atoms with Crippen molar-refractivity contribution in [3.8, 4) is 56.7 Å². The van der Waals surface area contributed by atoms with Gasteiger partial charge in [0.05, 0.1) is 22.1 Å². The summed E-state index contributed by atoms with van der Waals surface area (Å²) < 4.78 is 11.0. The predicted octanol–water partition coefficient (Wildman–Crippen LogP) is 15.8. The molecule has 4 aromatic heterocycles. The molecule has 6 nitrogen and oxygen atoms in total. The predicted molar refractivity (Wildman–Crippen MR) is 275 cm³/mol. The maximum Gasteiger partial charge on any atom is 0.238 e. The van der Waals surface area contributed by atoms with Crippen molar-refractivity contribution in [2.24, 2.45) is 0 Å². The van der Waals surface area contributed by atoms with Crippen LogP contribution in [0, 0.1) is 0 Å². The van der Waals surface area contributed by atoms with Crippen molar-refractivity contribution in [1.82, 2.24) is 24.1 Å². The SMILES string of the molecule is c1ccc(-c2ccc(-c3nc(-c4ccc5c(c4)oc4ccccc45)nc(-n4c5ccc6ccccc6c5c5c6c7ccccc7n(-c7ccc(-c8ccccc8)cc7)c6ccc54)n3)cc2)cc1. The molecule has 0 N–H and O–H groups in total. The van der Waals surface area contributed by atoms with Gasteiger partial charge in [-0.25, -0.2) is 4.98 Å². The second kappa shape index (κ2) is 14.7. The molecule has 0 spiro atoms. The van der Waals surface area contributed by atoms with E-state index >= 15 is 0 Å². The van der Waals surface area contributed by atoms with Crippen LogP contribution in [0.2, 0.25) is 0 Å². The topological polar surface area (TPSA) is 61.7 Å². The smallest absolute Gasteiger partial charge is 0.238 e. The highest BCUT2D eigenvalue weighted by Crippen LogP contribution is 2.45. The number of nitrogens with zero attached hydrogens (tertiary/aromatic N) is 5. The van der Waals surface area contributed by atoms with Crippen molar-refractivity contribution in [2.75, 3.05) is 0 Å². The second-order valence-electron chi connectivity index (χ2n) is 17.2. The maximum atomic E-state index is 6.40. The summed E-state index contributed by atoms with van der Waals surface area (Å²) in [7, 11) is 0. The number of fused-ring (bicyclic) bond motifs is 12. The van der Waals surface area contributed by atoms with Gasteiger partial charge in [-0.3, -0.25) is 4.57 Å². The van der Waals surface area contributed by atoms with Gasteiger partial charge in [-0.1, -0.05) is 170 Å². The molecule has 0 saturated heterocycles. The molecule has 14 aromatic rings. The Morgan fingerprint density at radius 1 is 0.299 bits per heavy atom. The summed E-state index contributed by atoms with van der Waals surface area (Å²) in [6, 6.07) is 79.2. The minimum atomic E-state index is 0.534. The quantitative estimate of drug-likeness (QED) is 0.167. The Bertz CT molecular complexity index is 4240. The van der Waals surface area contributed by atoms with Gasteiger partial charge in [0.15, 0.2) is 11.6 Å². The summed E-state index contributed by atoms with van der Waals surface area (Å²) in [5.41, 5.74) is 13.4. The zero-order chi connectivity index (χ0) is 44.0. The molecule has 4 heterocycles. The van der Waals surface area contributed by atoms with Crippen LogP contribution in [-0.2, 0) is 0 Å². The largest absolute Gasteiger partial charge is 0.456 e. The van der Waals surface area contributed by atoms with E-state index in [0.29, 0.717) is 17.6 Å². The van der Waals surface area contributed by atoms with Crippen LogP contribution in [0.15, 0.2) is 229 Å². The fourth-order valence-corrected chi connectivity index (χ4v) is 10.3. The van der Waals surface area contributed by atoms with E-state index in [1.165, 1.54) is 32.7 Å². The summed E-state index contributed by atoms with van der Waals surface area (Å²) in [6.07, 6.45) is 0. The zero-order valence-corrected chi connectivity index (χ0v) is 36.0. The monoisotopic (exact) mass is 855 g/mol. The number of rotatable bonds is 6. The third-order valence-electron chi connectivity index (χ3n) is 13.4. The van der Waals surface area contributed by atoms with Crippen molar-refractivity contribution >= 4 is 76.3 Å². The van der Waals surface area contributed by atoms with E-state index < -0.39 is 0 Å². The van der Waals surface area contributed by atoms with Gasteiger partial charge in [-0.05, 0) is 87.6 Å². The maximum absolute atomic E-state index is 6.40. The van der Waals surface area contributed by atoms with E-state index in [9.17, 15) is 0 Å². The third-order valence-corrected chi connectivity index (χ3v) is 13.4. The lowest BCUT2D eigenvalue weighted by atomic mass is 10.0. The first-order valence-corrected chi connectivity index (χ1v) is 22.6. The van der Waals surface area contributed by atoms with E-state index in [1.807, 2.05) is 24.3 Å². The molecule has 67 heavy (non-hydrogen) atoms. The van der Waals surface area contributed by atoms with Gasteiger partial charge in [0.25, 0.3) is 0 Å². The molecular weight excluding hydrogens is 819 g/mol. The van der Waals surface area contributed by atoms with Crippen LogP contribution >= 0.6 is 0 Å². The first kappa shape index (κ1) is 37.3. The summed E-state index contributed by atoms with van der Waals surface area (Å²) in [4.78, 5) is 16.0. The van der Waals surface area contributed by atoms with Gasteiger partial charge >= 0.3 is 0 Å². The van der Waals surface area contributed by atoms with Gasteiger partial charge in [0, 0.05) is 49.1 Å². The van der Waals surface area contributed by atoms with Gasteiger partial charge in [0.2, 0.25) is 5.95 Å². The van der Waals surface area contributed by atoms with Crippen molar-refractivity contribution < 1.29 is 4.42 Å². The highest BCUT2D eigenvalue weighted by molar-refractivity contribution is 6.33. The first-order valence-electron chi connectivity index (χ1n) is 22.6. The van der Waals surface area contributed by atoms with Crippen molar-refractivity contribution in [1.29, 1.82) is 0 Å². The Balaban J connectivity index is 1.04. The summed E-state index contributed by atoms with van der Waals surface area (Å²) in [5, 5.41) is 9.13. The fourth-order valence-electron chi connectivity index (χ4n) is 10.3. The summed E-state index contributed by atoms with van der Waals surface area (Å²) in [5.74, 6) is 1.67. The van der Waals surface area contributed by atoms with Gasteiger partial charge in [-0.15, -0.1) is 0 Å². The lowest BCUT2D eigenvalue weighted by Crippen LogP contribution is -2.06. The van der Waals surface area contributed by atoms with E-state index in [-0.39, 0.29) is 0 Å². The molecule has 0 aliphatic heterocycles. The summed E-state index contributed by atoms with van der Waals surface area (Å²) >= 11 is 0. The minimum Gasteiger partial charge on any atom is -0.456 e. The lowest BCUT2D eigenvalue weighted by molar-refractivity contribution is 0.669. The number of aromatic nitrogens is 5. The first-order chi connectivity index (χ1) is 33.2. The van der Waals surface area contributed by atoms with E-state index in [1.54, 1.807) is 0 Å². The Hall–Kier alpha value is -9.13. The molecule has 10 aromatic carbocycles. The third kappa shape index (κ3) is 5.86. The molecule has 0 radical (unpaired) electrons. The number of benzene rings is 10. The van der Waals surface area contributed by atoms with Crippen LogP contribution in [-0.4, -0.2) is 24.1 Å². The van der Waals surface area contributed by atoms with Crippen molar-refractivity contribution in [3.05, 3.63) is 224 Å². The Morgan fingerprint density at radius 3 is 1.55 bits per heavy atom. The van der Waals surface area contributed by atoms with Crippen LogP contribution < -0.4 is 0 Å². The molecule has 0 saturated carbocycles. The Morgan fingerprint density at radius 2 is 0.806 bits per heavy atom. The van der Waals surface area contributed by atoms with Crippen LogP contribution in [0.4, 0.5) is 0 Å². The average Bonchev–Trinajstić information content (AvgIpc) is 4.07. The van der Waals surface area contributed by atoms with Crippen LogP contribution in [0.25, 0.3) is 133 Å². The fraction of sp³-hybridized carbons (Fsp3) is 0. The molecule has 14 rings (SSSR count). The van der Waals surface area contributed by atoms with Crippen molar-refractivity contribution in [3.63, 3.8) is 0 Å². The van der Waals surface area contributed by atoms with E-state index in [0.717, 1.165) is 82.7 Å². The van der Waals surface area contributed by atoms with Crippen LogP contribution in [0.1, 0.15) is 0 Å². The molecule has 0 bridgehead atoms. The molecule has 0 atom stereocenters. The summed E-state index contributed by atoms with van der Waals surface area (Å²) in [6.45, 7) is 0. The van der Waals surface area contributed by atoms with Crippen LogP contribution in [0.5, 0.6) is 0 Å². The second-order valence-corrected chi connectivity index (χ2v) is 17.2. The lowest BCUT2D eigenvalue weighted by Gasteiger charge is -2.12. The Labute approximate surface area is 384 Å². The molecule has 0 amide bonds. The molecule has 0 unspecified atom stereocenters.